The van der Waals surface area contributed by atoms with Crippen molar-refractivity contribution in [2.75, 3.05) is 10.6 Å². The molecule has 2 amide bonds. The Morgan fingerprint density at radius 1 is 0.848 bits per heavy atom. The minimum atomic E-state index is -4.65. The van der Waals surface area contributed by atoms with E-state index < -0.39 is 33.4 Å². The molecule has 0 aliphatic heterocycles. The van der Waals surface area contributed by atoms with Crippen LogP contribution in [0.3, 0.4) is 0 Å². The van der Waals surface area contributed by atoms with E-state index in [2.05, 4.69) is 10.6 Å². The van der Waals surface area contributed by atoms with Crippen molar-refractivity contribution in [3.8, 4) is 0 Å². The SMILES string of the molecule is CC(=O)Nc1ccc(C(F)(F)F)cc1NC(=O)c1cccc(CS(=O)(=O)c2ccccc2)c1. The Morgan fingerprint density at radius 3 is 2.18 bits per heavy atom. The maximum Gasteiger partial charge on any atom is 0.416 e. The molecule has 0 atom stereocenters. The molecule has 33 heavy (non-hydrogen) atoms. The molecule has 10 heteroatoms. The molecule has 0 unspecified atom stereocenters. The van der Waals surface area contributed by atoms with Crippen LogP contribution in [0.1, 0.15) is 28.4 Å². The van der Waals surface area contributed by atoms with Crippen LogP contribution in [0.2, 0.25) is 0 Å². The van der Waals surface area contributed by atoms with Crippen molar-refractivity contribution in [3.63, 3.8) is 0 Å². The monoisotopic (exact) mass is 476 g/mol. The van der Waals surface area contributed by atoms with Gasteiger partial charge in [-0.2, -0.15) is 13.2 Å². The van der Waals surface area contributed by atoms with Crippen molar-refractivity contribution in [1.82, 2.24) is 0 Å². The van der Waals surface area contributed by atoms with E-state index in [9.17, 15) is 31.2 Å². The van der Waals surface area contributed by atoms with Gasteiger partial charge in [0.1, 0.15) is 0 Å². The van der Waals surface area contributed by atoms with Crippen LogP contribution < -0.4 is 10.6 Å². The van der Waals surface area contributed by atoms with E-state index in [1.54, 1.807) is 18.2 Å². The normalized spacial score (nSPS) is 11.6. The summed E-state index contributed by atoms with van der Waals surface area (Å²) in [4.78, 5) is 24.3. The molecule has 2 N–H and O–H groups in total. The van der Waals surface area contributed by atoms with Gasteiger partial charge in [-0.25, -0.2) is 8.42 Å². The minimum Gasteiger partial charge on any atom is -0.325 e. The van der Waals surface area contributed by atoms with E-state index in [4.69, 9.17) is 0 Å². The first-order valence-corrected chi connectivity index (χ1v) is 11.3. The maximum atomic E-state index is 13.1. The number of anilines is 2. The van der Waals surface area contributed by atoms with Crippen molar-refractivity contribution in [2.45, 2.75) is 23.7 Å². The van der Waals surface area contributed by atoms with Gasteiger partial charge >= 0.3 is 6.18 Å². The summed E-state index contributed by atoms with van der Waals surface area (Å²) in [6.07, 6.45) is -4.65. The molecule has 0 aliphatic carbocycles. The van der Waals surface area contributed by atoms with Crippen LogP contribution in [-0.4, -0.2) is 20.2 Å². The molecule has 0 radical (unpaired) electrons. The Morgan fingerprint density at radius 2 is 1.55 bits per heavy atom. The second kappa shape index (κ2) is 9.45. The van der Waals surface area contributed by atoms with Crippen LogP contribution in [0.25, 0.3) is 0 Å². The van der Waals surface area contributed by atoms with Gasteiger partial charge < -0.3 is 10.6 Å². The second-order valence-electron chi connectivity index (χ2n) is 7.17. The van der Waals surface area contributed by atoms with Gasteiger partial charge in [-0.05, 0) is 48.0 Å². The Bertz CT molecular complexity index is 1290. The average molecular weight is 476 g/mol. The summed E-state index contributed by atoms with van der Waals surface area (Å²) >= 11 is 0. The molecule has 0 saturated heterocycles. The number of carbonyl (C=O) groups excluding carboxylic acids is 2. The van der Waals surface area contributed by atoms with Crippen LogP contribution in [0.4, 0.5) is 24.5 Å². The molecule has 0 aliphatic rings. The molecule has 6 nitrogen and oxygen atoms in total. The molecular weight excluding hydrogens is 457 g/mol. The topological polar surface area (TPSA) is 92.3 Å². The van der Waals surface area contributed by atoms with Gasteiger partial charge in [0.15, 0.2) is 9.84 Å². The van der Waals surface area contributed by atoms with Crippen LogP contribution >= 0.6 is 0 Å². The number of sulfone groups is 1. The van der Waals surface area contributed by atoms with E-state index in [0.29, 0.717) is 11.6 Å². The molecule has 0 fully saturated rings. The maximum absolute atomic E-state index is 13.1. The van der Waals surface area contributed by atoms with E-state index in [-0.39, 0.29) is 27.6 Å². The van der Waals surface area contributed by atoms with Gasteiger partial charge in [0.2, 0.25) is 5.91 Å². The van der Waals surface area contributed by atoms with Gasteiger partial charge in [-0.1, -0.05) is 30.3 Å². The van der Waals surface area contributed by atoms with Crippen molar-refractivity contribution in [2.24, 2.45) is 0 Å². The molecule has 0 saturated carbocycles. The first kappa shape index (κ1) is 24.0. The molecule has 0 spiro atoms. The predicted molar refractivity (Wildman–Crippen MR) is 117 cm³/mol. The fraction of sp³-hybridized carbons (Fsp3) is 0.130. The lowest BCUT2D eigenvalue weighted by Gasteiger charge is -2.15. The van der Waals surface area contributed by atoms with Crippen LogP contribution in [-0.2, 0) is 26.6 Å². The van der Waals surface area contributed by atoms with Crippen LogP contribution in [0, 0.1) is 0 Å². The third kappa shape index (κ3) is 6.19. The number of amides is 2. The van der Waals surface area contributed by atoms with E-state index >= 15 is 0 Å². The van der Waals surface area contributed by atoms with Gasteiger partial charge in [-0.15, -0.1) is 0 Å². The number of halogens is 3. The fourth-order valence-electron chi connectivity index (χ4n) is 3.05. The number of carbonyl (C=O) groups is 2. The highest BCUT2D eigenvalue weighted by molar-refractivity contribution is 7.90. The number of rotatable bonds is 6. The largest absolute Gasteiger partial charge is 0.416 e. The summed E-state index contributed by atoms with van der Waals surface area (Å²) in [5.74, 6) is -1.66. The standard InChI is InChI=1S/C23H19F3N2O4S/c1-15(29)27-20-11-10-18(23(24,25)26)13-21(20)28-22(30)17-7-5-6-16(12-17)14-33(31,32)19-8-3-2-4-9-19/h2-13H,14H2,1H3,(H,27,29)(H,28,30). The quantitative estimate of drug-likeness (QED) is 0.530. The Kier molecular flexibility index (Phi) is 6.87. The molecular formula is C23H19F3N2O4S. The summed E-state index contributed by atoms with van der Waals surface area (Å²) in [5.41, 5.74) is -0.881. The molecule has 3 aromatic rings. The van der Waals surface area contributed by atoms with Crippen molar-refractivity contribution in [3.05, 3.63) is 89.5 Å². The number of nitrogens with one attached hydrogen (secondary N) is 2. The van der Waals surface area contributed by atoms with Crippen LogP contribution in [0.15, 0.2) is 77.7 Å². The molecule has 172 valence electrons. The van der Waals surface area contributed by atoms with E-state index in [1.165, 1.54) is 43.3 Å². The zero-order valence-corrected chi connectivity index (χ0v) is 18.1. The highest BCUT2D eigenvalue weighted by Gasteiger charge is 2.31. The summed E-state index contributed by atoms with van der Waals surface area (Å²) in [5, 5.41) is 4.73. The highest BCUT2D eigenvalue weighted by atomic mass is 32.2. The lowest BCUT2D eigenvalue weighted by atomic mass is 10.1. The first-order chi connectivity index (χ1) is 15.5. The number of hydrogen-bond donors (Lipinski definition) is 2. The first-order valence-electron chi connectivity index (χ1n) is 9.62. The van der Waals surface area contributed by atoms with Crippen molar-refractivity contribution in [1.29, 1.82) is 0 Å². The van der Waals surface area contributed by atoms with Gasteiger partial charge in [0, 0.05) is 12.5 Å². The summed E-state index contributed by atoms with van der Waals surface area (Å²) in [7, 11) is -3.66. The zero-order chi connectivity index (χ0) is 24.2. The Balaban J connectivity index is 1.87. The smallest absolute Gasteiger partial charge is 0.325 e. The number of alkyl halides is 3. The second-order valence-corrected chi connectivity index (χ2v) is 9.16. The molecule has 0 aromatic heterocycles. The average Bonchev–Trinajstić information content (AvgIpc) is 2.74. The number of hydrogen-bond acceptors (Lipinski definition) is 4. The lowest BCUT2D eigenvalue weighted by Crippen LogP contribution is -2.17. The third-order valence-corrected chi connectivity index (χ3v) is 6.26. The summed E-state index contributed by atoms with van der Waals surface area (Å²) in [6, 6.07) is 16.1. The molecule has 0 bridgehead atoms. The van der Waals surface area contributed by atoms with Gasteiger partial charge in [0.25, 0.3) is 5.91 Å². The Hall–Kier alpha value is -3.66. The van der Waals surface area contributed by atoms with Crippen molar-refractivity contribution < 1.29 is 31.2 Å². The van der Waals surface area contributed by atoms with E-state index in [0.717, 1.165) is 12.1 Å². The van der Waals surface area contributed by atoms with E-state index in [1.807, 2.05) is 0 Å². The van der Waals surface area contributed by atoms with Crippen LogP contribution in [0.5, 0.6) is 0 Å². The summed E-state index contributed by atoms with van der Waals surface area (Å²) < 4.78 is 64.6. The fourth-order valence-corrected chi connectivity index (χ4v) is 4.41. The number of benzene rings is 3. The third-order valence-electron chi connectivity index (χ3n) is 4.55. The zero-order valence-electron chi connectivity index (χ0n) is 17.3. The highest BCUT2D eigenvalue weighted by Crippen LogP contribution is 2.34. The van der Waals surface area contributed by atoms with Crippen molar-refractivity contribution >= 4 is 33.0 Å². The predicted octanol–water partition coefficient (Wildman–Crippen LogP) is 4.89. The minimum absolute atomic E-state index is 0.00772. The summed E-state index contributed by atoms with van der Waals surface area (Å²) in [6.45, 7) is 1.18. The Labute approximate surface area is 188 Å². The van der Waals surface area contributed by atoms with Gasteiger partial charge in [-0.3, -0.25) is 9.59 Å². The molecule has 0 heterocycles. The van der Waals surface area contributed by atoms with Gasteiger partial charge in [0.05, 0.1) is 27.6 Å². The molecule has 3 rings (SSSR count). The molecule has 3 aromatic carbocycles. The lowest BCUT2D eigenvalue weighted by molar-refractivity contribution is -0.137.